The molecule has 0 aliphatic rings. The van der Waals surface area contributed by atoms with Crippen molar-refractivity contribution in [2.45, 2.75) is 0 Å². The van der Waals surface area contributed by atoms with E-state index in [-0.39, 0.29) is 5.75 Å². The van der Waals surface area contributed by atoms with E-state index in [9.17, 15) is 5.11 Å². The van der Waals surface area contributed by atoms with Crippen LogP contribution >= 0.6 is 0 Å². The van der Waals surface area contributed by atoms with Gasteiger partial charge < -0.3 is 5.11 Å². The lowest BCUT2D eigenvalue weighted by Gasteiger charge is -1.97. The van der Waals surface area contributed by atoms with Crippen molar-refractivity contribution in [3.63, 3.8) is 0 Å². The highest BCUT2D eigenvalue weighted by Crippen LogP contribution is 2.17. The molecule has 2 heteroatoms. The van der Waals surface area contributed by atoms with Gasteiger partial charge >= 0.3 is 0 Å². The van der Waals surface area contributed by atoms with Gasteiger partial charge in [0.2, 0.25) is 0 Å². The Morgan fingerprint density at radius 1 is 1.12 bits per heavy atom. The Balaban J connectivity index is 2.27. The second-order valence-corrected chi connectivity index (χ2v) is 3.51. The van der Waals surface area contributed by atoms with E-state index in [1.54, 1.807) is 24.4 Å². The fourth-order valence-corrected chi connectivity index (χ4v) is 1.42. The Morgan fingerprint density at radius 3 is 2.71 bits per heavy atom. The van der Waals surface area contributed by atoms with Crippen LogP contribution in [0.15, 0.2) is 53.5 Å². The highest BCUT2D eigenvalue weighted by atomic mass is 16.3. The number of aromatic hydroxyl groups is 1. The first kappa shape index (κ1) is 11.0. The summed E-state index contributed by atoms with van der Waals surface area (Å²) in [7, 11) is 0. The highest BCUT2D eigenvalue weighted by Gasteiger charge is 1.95. The number of nitrogens with zero attached hydrogens (tertiary/aromatic N) is 1. The number of hydrogen-bond donors (Lipinski definition) is 1. The number of benzene rings is 2. The van der Waals surface area contributed by atoms with E-state index in [1.165, 1.54) is 0 Å². The Morgan fingerprint density at radius 2 is 1.94 bits per heavy atom. The van der Waals surface area contributed by atoms with Crippen LogP contribution in [-0.4, -0.2) is 11.3 Å². The van der Waals surface area contributed by atoms with Crippen molar-refractivity contribution in [2.75, 3.05) is 0 Å². The van der Waals surface area contributed by atoms with Crippen molar-refractivity contribution in [2.24, 2.45) is 4.99 Å². The molecule has 2 rings (SSSR count). The number of phenols is 1. The molecule has 0 amide bonds. The molecule has 2 aromatic rings. The molecule has 0 saturated heterocycles. The maximum absolute atomic E-state index is 9.57. The van der Waals surface area contributed by atoms with Gasteiger partial charge in [0.25, 0.3) is 0 Å². The van der Waals surface area contributed by atoms with Crippen LogP contribution in [0.4, 0.5) is 5.69 Å². The minimum atomic E-state index is 0.212. The van der Waals surface area contributed by atoms with Gasteiger partial charge in [0.05, 0.1) is 5.69 Å². The average molecular weight is 221 g/mol. The molecule has 0 spiro atoms. The van der Waals surface area contributed by atoms with Crippen LogP contribution in [0.3, 0.4) is 0 Å². The molecule has 0 unspecified atom stereocenters. The van der Waals surface area contributed by atoms with Gasteiger partial charge in [0.1, 0.15) is 5.75 Å². The summed E-state index contributed by atoms with van der Waals surface area (Å²) in [5.41, 5.74) is 2.24. The third-order valence-electron chi connectivity index (χ3n) is 2.30. The molecule has 1 N–H and O–H groups in total. The van der Waals surface area contributed by atoms with Gasteiger partial charge in [0.15, 0.2) is 0 Å². The maximum atomic E-state index is 9.57. The van der Waals surface area contributed by atoms with E-state index < -0.39 is 0 Å². The molecule has 0 radical (unpaired) electrons. The van der Waals surface area contributed by atoms with Crippen LogP contribution in [-0.2, 0) is 0 Å². The summed E-state index contributed by atoms with van der Waals surface area (Å²) in [5.74, 6) is 2.77. The molecule has 0 saturated carbocycles. The second-order valence-electron chi connectivity index (χ2n) is 3.51. The first-order valence-electron chi connectivity index (χ1n) is 5.18. The standard InChI is InChI=1S/C15H11NO/c1-2-12-6-5-8-14(10-12)16-11-13-7-3-4-9-15(13)17/h1,3-11,17H/b16-11+. The summed E-state index contributed by atoms with van der Waals surface area (Å²) in [6.07, 6.45) is 6.92. The molecule has 0 aliphatic heterocycles. The van der Waals surface area contributed by atoms with Gasteiger partial charge in [-0.25, -0.2) is 0 Å². The Kier molecular flexibility index (Phi) is 3.23. The number of rotatable bonds is 2. The van der Waals surface area contributed by atoms with Gasteiger partial charge in [-0.1, -0.05) is 24.1 Å². The van der Waals surface area contributed by atoms with Crippen LogP contribution < -0.4 is 0 Å². The number of aliphatic imine (C=N–C) groups is 1. The van der Waals surface area contributed by atoms with Crippen molar-refractivity contribution in [3.05, 3.63) is 59.7 Å². The van der Waals surface area contributed by atoms with Crippen molar-refractivity contribution in [1.82, 2.24) is 0 Å². The van der Waals surface area contributed by atoms with Crippen LogP contribution in [0.2, 0.25) is 0 Å². The van der Waals surface area contributed by atoms with Crippen LogP contribution in [0, 0.1) is 12.3 Å². The zero-order valence-electron chi connectivity index (χ0n) is 9.17. The monoisotopic (exact) mass is 221 g/mol. The van der Waals surface area contributed by atoms with Crippen molar-refractivity contribution in [3.8, 4) is 18.1 Å². The van der Waals surface area contributed by atoms with E-state index in [1.807, 2.05) is 30.3 Å². The normalized spacial score (nSPS) is 10.3. The maximum Gasteiger partial charge on any atom is 0.124 e. The van der Waals surface area contributed by atoms with Gasteiger partial charge in [-0.3, -0.25) is 4.99 Å². The Hall–Kier alpha value is -2.53. The first-order valence-corrected chi connectivity index (χ1v) is 5.18. The predicted molar refractivity (Wildman–Crippen MR) is 69.7 cm³/mol. The summed E-state index contributed by atoms with van der Waals surface area (Å²) >= 11 is 0. The summed E-state index contributed by atoms with van der Waals surface area (Å²) in [6.45, 7) is 0. The fourth-order valence-electron chi connectivity index (χ4n) is 1.42. The molecule has 17 heavy (non-hydrogen) atoms. The van der Waals surface area contributed by atoms with Crippen molar-refractivity contribution in [1.29, 1.82) is 0 Å². The van der Waals surface area contributed by atoms with Crippen LogP contribution in [0.1, 0.15) is 11.1 Å². The summed E-state index contributed by atoms with van der Waals surface area (Å²) in [5, 5.41) is 9.57. The lowest BCUT2D eigenvalue weighted by molar-refractivity contribution is 0.474. The molecule has 0 heterocycles. The van der Waals surface area contributed by atoms with Gasteiger partial charge in [-0.2, -0.15) is 0 Å². The average Bonchev–Trinajstić information content (AvgIpc) is 2.38. The molecular formula is C15H11NO. The summed E-state index contributed by atoms with van der Waals surface area (Å²) in [4.78, 5) is 4.27. The summed E-state index contributed by atoms with van der Waals surface area (Å²) in [6, 6.07) is 14.4. The van der Waals surface area contributed by atoms with E-state index in [0.29, 0.717) is 5.56 Å². The molecule has 0 aromatic heterocycles. The third-order valence-corrected chi connectivity index (χ3v) is 2.30. The lowest BCUT2D eigenvalue weighted by Crippen LogP contribution is -1.81. The van der Waals surface area contributed by atoms with Gasteiger partial charge in [0, 0.05) is 17.3 Å². The molecule has 0 fully saturated rings. The lowest BCUT2D eigenvalue weighted by atomic mass is 10.2. The molecule has 2 nitrogen and oxygen atoms in total. The molecule has 2 aromatic carbocycles. The van der Waals surface area contributed by atoms with E-state index >= 15 is 0 Å². The zero-order valence-corrected chi connectivity index (χ0v) is 9.17. The van der Waals surface area contributed by atoms with Crippen molar-refractivity contribution < 1.29 is 5.11 Å². The largest absolute Gasteiger partial charge is 0.507 e. The van der Waals surface area contributed by atoms with E-state index in [0.717, 1.165) is 11.3 Å². The minimum absolute atomic E-state index is 0.212. The number of phenolic OH excluding ortho intramolecular Hbond substituents is 1. The molecule has 0 bridgehead atoms. The number of para-hydroxylation sites is 1. The van der Waals surface area contributed by atoms with Crippen LogP contribution in [0.5, 0.6) is 5.75 Å². The second kappa shape index (κ2) is 5.00. The smallest absolute Gasteiger partial charge is 0.124 e. The Bertz CT molecular complexity index is 594. The number of terminal acetylenes is 1. The number of hydrogen-bond acceptors (Lipinski definition) is 2. The molecule has 0 aliphatic carbocycles. The zero-order chi connectivity index (χ0) is 12.1. The molecular weight excluding hydrogens is 210 g/mol. The third kappa shape index (κ3) is 2.73. The fraction of sp³-hybridized carbons (Fsp3) is 0. The van der Waals surface area contributed by atoms with Crippen molar-refractivity contribution >= 4 is 11.9 Å². The minimum Gasteiger partial charge on any atom is -0.507 e. The first-order chi connectivity index (χ1) is 8.29. The van der Waals surface area contributed by atoms with E-state index in [2.05, 4.69) is 10.9 Å². The topological polar surface area (TPSA) is 32.6 Å². The SMILES string of the molecule is C#Cc1cccc(/N=C/c2ccccc2O)c1. The highest BCUT2D eigenvalue weighted by molar-refractivity contribution is 5.85. The van der Waals surface area contributed by atoms with Gasteiger partial charge in [-0.15, -0.1) is 6.42 Å². The summed E-state index contributed by atoms with van der Waals surface area (Å²) < 4.78 is 0. The van der Waals surface area contributed by atoms with Crippen LogP contribution in [0.25, 0.3) is 0 Å². The van der Waals surface area contributed by atoms with E-state index in [4.69, 9.17) is 6.42 Å². The van der Waals surface area contributed by atoms with Gasteiger partial charge in [-0.05, 0) is 30.3 Å². The Labute approximate surface area is 100 Å². The quantitative estimate of drug-likeness (QED) is 0.613. The molecule has 0 atom stereocenters. The predicted octanol–water partition coefficient (Wildman–Crippen LogP) is 3.12. The molecule has 82 valence electrons.